The fourth-order valence-corrected chi connectivity index (χ4v) is 3.18. The summed E-state index contributed by atoms with van der Waals surface area (Å²) in [4.78, 5) is 4.55. The molecule has 88 valence electrons. The minimum absolute atomic E-state index is 0.337. The zero-order valence-corrected chi connectivity index (χ0v) is 10.5. The van der Waals surface area contributed by atoms with Gasteiger partial charge in [0.05, 0.1) is 0 Å². The van der Waals surface area contributed by atoms with E-state index in [1.165, 1.54) is 24.1 Å². The van der Waals surface area contributed by atoms with Gasteiger partial charge in [0.15, 0.2) is 0 Å². The quantitative estimate of drug-likeness (QED) is 0.618. The highest BCUT2D eigenvalue weighted by Gasteiger charge is 2.27. The first-order valence-corrected chi connectivity index (χ1v) is 7.15. The van der Waals surface area contributed by atoms with E-state index in [9.17, 15) is 0 Å². The van der Waals surface area contributed by atoms with Gasteiger partial charge in [-0.2, -0.15) is 11.8 Å². The van der Waals surface area contributed by atoms with E-state index in [1.54, 1.807) is 0 Å². The van der Waals surface area contributed by atoms with Crippen LogP contribution in [-0.4, -0.2) is 23.0 Å². The number of nitrogens with two attached hydrogens (primary N) is 1. The van der Waals surface area contributed by atoms with Crippen molar-refractivity contribution in [2.45, 2.75) is 31.2 Å². The van der Waals surface area contributed by atoms with Crippen molar-refractivity contribution in [3.05, 3.63) is 29.6 Å². The van der Waals surface area contributed by atoms with Crippen LogP contribution in [0.5, 0.6) is 0 Å². The predicted molar refractivity (Wildman–Crippen MR) is 69.4 cm³/mol. The molecule has 0 amide bonds. The SMILES string of the molecule is CSCC(NN)C1CCCc2cccnc21. The van der Waals surface area contributed by atoms with Crippen LogP contribution in [0.3, 0.4) is 0 Å². The Balaban J connectivity index is 2.23. The van der Waals surface area contributed by atoms with Crippen LogP contribution in [0.4, 0.5) is 0 Å². The maximum Gasteiger partial charge on any atom is 0.0482 e. The summed E-state index contributed by atoms with van der Waals surface area (Å²) < 4.78 is 0. The Hall–Kier alpha value is -0.580. The Morgan fingerprint density at radius 2 is 2.56 bits per heavy atom. The third-order valence-corrected chi connectivity index (χ3v) is 3.98. The van der Waals surface area contributed by atoms with E-state index in [0.717, 1.165) is 12.2 Å². The second kappa shape index (κ2) is 5.66. The van der Waals surface area contributed by atoms with Crippen molar-refractivity contribution in [2.24, 2.45) is 5.84 Å². The summed E-state index contributed by atoms with van der Waals surface area (Å²) >= 11 is 1.83. The minimum Gasteiger partial charge on any atom is -0.271 e. The molecule has 2 unspecified atom stereocenters. The van der Waals surface area contributed by atoms with Gasteiger partial charge in [0.1, 0.15) is 0 Å². The van der Waals surface area contributed by atoms with Crippen molar-refractivity contribution < 1.29 is 0 Å². The Morgan fingerprint density at radius 3 is 3.31 bits per heavy atom. The number of hydrazine groups is 1. The smallest absolute Gasteiger partial charge is 0.0482 e. The summed E-state index contributed by atoms with van der Waals surface area (Å²) in [7, 11) is 0. The van der Waals surface area contributed by atoms with Gasteiger partial charge in [-0.25, -0.2) is 0 Å². The van der Waals surface area contributed by atoms with Crippen LogP contribution < -0.4 is 11.3 Å². The molecule has 4 heteroatoms. The third-order valence-electron chi connectivity index (χ3n) is 3.28. The highest BCUT2D eigenvalue weighted by molar-refractivity contribution is 7.98. The van der Waals surface area contributed by atoms with Gasteiger partial charge in [-0.3, -0.25) is 16.3 Å². The van der Waals surface area contributed by atoms with Crippen molar-refractivity contribution in [3.8, 4) is 0 Å². The van der Waals surface area contributed by atoms with Crippen LogP contribution in [0, 0.1) is 0 Å². The fraction of sp³-hybridized carbons (Fsp3) is 0.583. The summed E-state index contributed by atoms with van der Waals surface area (Å²) in [6.45, 7) is 0. The summed E-state index contributed by atoms with van der Waals surface area (Å²) in [5.41, 5.74) is 5.61. The lowest BCUT2D eigenvalue weighted by molar-refractivity contribution is 0.417. The van der Waals surface area contributed by atoms with Gasteiger partial charge in [-0.1, -0.05) is 6.07 Å². The number of pyridine rings is 1. The van der Waals surface area contributed by atoms with Gasteiger partial charge < -0.3 is 0 Å². The average Bonchev–Trinajstić information content (AvgIpc) is 2.35. The molecule has 16 heavy (non-hydrogen) atoms. The Morgan fingerprint density at radius 1 is 1.69 bits per heavy atom. The van der Waals surface area contributed by atoms with Crippen LogP contribution in [-0.2, 0) is 6.42 Å². The van der Waals surface area contributed by atoms with Crippen LogP contribution in [0.2, 0.25) is 0 Å². The summed E-state index contributed by atoms with van der Waals surface area (Å²) in [5, 5.41) is 0. The van der Waals surface area contributed by atoms with Crippen molar-refractivity contribution in [1.82, 2.24) is 10.4 Å². The van der Waals surface area contributed by atoms with E-state index >= 15 is 0 Å². The van der Waals surface area contributed by atoms with Gasteiger partial charge in [0.2, 0.25) is 0 Å². The number of nitrogens with zero attached hydrogens (tertiary/aromatic N) is 1. The minimum atomic E-state index is 0.337. The van der Waals surface area contributed by atoms with Gasteiger partial charge in [-0.15, -0.1) is 0 Å². The molecule has 0 aliphatic heterocycles. The van der Waals surface area contributed by atoms with Crippen molar-refractivity contribution in [2.75, 3.05) is 12.0 Å². The number of rotatable bonds is 4. The van der Waals surface area contributed by atoms with Crippen molar-refractivity contribution >= 4 is 11.8 Å². The normalized spacial score (nSPS) is 21.5. The number of aromatic nitrogens is 1. The Kier molecular flexibility index (Phi) is 4.21. The van der Waals surface area contributed by atoms with Crippen LogP contribution >= 0.6 is 11.8 Å². The Labute approximate surface area is 101 Å². The molecule has 1 aromatic rings. The zero-order chi connectivity index (χ0) is 11.4. The number of hydrogen-bond donors (Lipinski definition) is 2. The lowest BCUT2D eigenvalue weighted by Crippen LogP contribution is -2.43. The highest BCUT2D eigenvalue weighted by atomic mass is 32.2. The summed E-state index contributed by atoms with van der Waals surface area (Å²) in [5.74, 6) is 7.17. The maximum atomic E-state index is 5.66. The van der Waals surface area contributed by atoms with Crippen molar-refractivity contribution in [1.29, 1.82) is 0 Å². The standard InChI is InChI=1S/C12H19N3S/c1-16-8-11(15-13)10-6-2-4-9-5-3-7-14-12(9)10/h3,5,7,10-11,15H,2,4,6,8,13H2,1H3. The molecule has 3 nitrogen and oxygen atoms in total. The third kappa shape index (κ3) is 2.39. The topological polar surface area (TPSA) is 50.9 Å². The van der Waals surface area contributed by atoms with E-state index in [0.29, 0.717) is 12.0 Å². The maximum absolute atomic E-state index is 5.66. The molecular formula is C12H19N3S. The fourth-order valence-electron chi connectivity index (χ4n) is 2.50. The molecule has 0 saturated carbocycles. The molecule has 0 aromatic carbocycles. The van der Waals surface area contributed by atoms with E-state index in [4.69, 9.17) is 5.84 Å². The van der Waals surface area contributed by atoms with Gasteiger partial charge in [0, 0.05) is 29.6 Å². The van der Waals surface area contributed by atoms with Crippen molar-refractivity contribution in [3.63, 3.8) is 0 Å². The molecule has 0 radical (unpaired) electrons. The number of fused-ring (bicyclic) bond motifs is 1. The first-order chi connectivity index (χ1) is 7.86. The van der Waals surface area contributed by atoms with E-state index in [2.05, 4.69) is 22.7 Å². The van der Waals surface area contributed by atoms with Gasteiger partial charge in [-0.05, 0) is 37.1 Å². The number of aryl methyl sites for hydroxylation is 1. The number of hydrogen-bond acceptors (Lipinski definition) is 4. The summed E-state index contributed by atoms with van der Waals surface area (Å²) in [6, 6.07) is 4.56. The van der Waals surface area contributed by atoms with Crippen LogP contribution in [0.15, 0.2) is 18.3 Å². The molecule has 3 N–H and O–H groups in total. The molecule has 0 saturated heterocycles. The molecule has 1 heterocycles. The molecule has 1 aromatic heterocycles. The van der Waals surface area contributed by atoms with Gasteiger partial charge in [0.25, 0.3) is 0 Å². The molecular weight excluding hydrogens is 218 g/mol. The molecule has 0 bridgehead atoms. The Bertz CT molecular complexity index is 343. The largest absolute Gasteiger partial charge is 0.271 e. The molecule has 0 fully saturated rings. The van der Waals surface area contributed by atoms with Gasteiger partial charge >= 0.3 is 0 Å². The molecule has 2 atom stereocenters. The lowest BCUT2D eigenvalue weighted by atomic mass is 9.83. The van der Waals surface area contributed by atoms with E-state index in [1.807, 2.05) is 24.0 Å². The molecule has 2 rings (SSSR count). The second-order valence-corrected chi connectivity index (χ2v) is 5.19. The van der Waals surface area contributed by atoms with E-state index in [-0.39, 0.29) is 0 Å². The first-order valence-electron chi connectivity index (χ1n) is 5.75. The molecule has 1 aliphatic carbocycles. The zero-order valence-electron chi connectivity index (χ0n) is 9.65. The number of thioether (sulfide) groups is 1. The molecule has 1 aliphatic rings. The number of nitrogens with one attached hydrogen (secondary N) is 1. The summed E-state index contributed by atoms with van der Waals surface area (Å²) in [6.07, 6.45) is 7.61. The monoisotopic (exact) mass is 237 g/mol. The van der Waals surface area contributed by atoms with Crippen LogP contribution in [0.1, 0.15) is 30.0 Å². The first kappa shape index (κ1) is 11.9. The predicted octanol–water partition coefficient (Wildman–Crippen LogP) is 1.70. The average molecular weight is 237 g/mol. The highest BCUT2D eigenvalue weighted by Crippen LogP contribution is 2.32. The van der Waals surface area contributed by atoms with E-state index < -0.39 is 0 Å². The molecule has 0 spiro atoms. The van der Waals surface area contributed by atoms with Crippen LogP contribution in [0.25, 0.3) is 0 Å². The second-order valence-electron chi connectivity index (χ2n) is 4.27. The lowest BCUT2D eigenvalue weighted by Gasteiger charge is -2.30.